The summed E-state index contributed by atoms with van der Waals surface area (Å²) in [4.78, 5) is 29.8. The molecule has 0 saturated heterocycles. The highest BCUT2D eigenvalue weighted by atomic mass is 16.6. The maximum atomic E-state index is 10.9. The van der Waals surface area contributed by atoms with E-state index in [1.165, 1.54) is 7.05 Å². The van der Waals surface area contributed by atoms with Crippen LogP contribution in [0.4, 0.5) is 17.2 Å². The third kappa shape index (κ3) is 1.82. The van der Waals surface area contributed by atoms with E-state index in [4.69, 9.17) is 0 Å². The van der Waals surface area contributed by atoms with E-state index in [9.17, 15) is 30.3 Å². The Kier molecular flexibility index (Phi) is 2.58. The molecule has 0 aliphatic rings. The standard InChI is InChI=1S/C8H5N5O6/c1-10-5-2-4(11(14)15)3-6(12(16)17)7(5)8(9-10)13(18)19/h2-3H,1H3. The fourth-order valence-electron chi connectivity index (χ4n) is 1.70. The molecule has 0 aliphatic heterocycles. The summed E-state index contributed by atoms with van der Waals surface area (Å²) in [5.74, 6) is -0.709. The van der Waals surface area contributed by atoms with Crippen LogP contribution < -0.4 is 0 Å². The number of non-ortho nitro benzene ring substituents is 2. The molecule has 1 heterocycles. The minimum Gasteiger partial charge on any atom is -0.358 e. The van der Waals surface area contributed by atoms with Crippen molar-refractivity contribution in [2.24, 2.45) is 7.05 Å². The number of hydrogen-bond acceptors (Lipinski definition) is 7. The summed E-state index contributed by atoms with van der Waals surface area (Å²) in [7, 11) is 1.31. The number of nitrogens with zero attached hydrogens (tertiary/aromatic N) is 5. The van der Waals surface area contributed by atoms with Gasteiger partial charge in [0.2, 0.25) is 0 Å². The minimum absolute atomic E-state index is 0.0485. The first-order chi connectivity index (χ1) is 8.82. The summed E-state index contributed by atoms with van der Waals surface area (Å²) in [6.07, 6.45) is 0. The van der Waals surface area contributed by atoms with Crippen LogP contribution in [0.1, 0.15) is 0 Å². The number of fused-ring (bicyclic) bond motifs is 1. The lowest BCUT2D eigenvalue weighted by Crippen LogP contribution is -1.95. The summed E-state index contributed by atoms with van der Waals surface area (Å²) in [5.41, 5.74) is -1.30. The van der Waals surface area contributed by atoms with Crippen molar-refractivity contribution in [2.45, 2.75) is 0 Å². The van der Waals surface area contributed by atoms with Crippen LogP contribution in [0.2, 0.25) is 0 Å². The first-order valence-corrected chi connectivity index (χ1v) is 4.77. The van der Waals surface area contributed by atoms with Gasteiger partial charge in [0.1, 0.15) is 5.52 Å². The van der Waals surface area contributed by atoms with E-state index in [-0.39, 0.29) is 10.9 Å². The Balaban J connectivity index is 2.97. The summed E-state index contributed by atoms with van der Waals surface area (Å²) in [6.45, 7) is 0. The highest BCUT2D eigenvalue weighted by Gasteiger charge is 2.31. The molecule has 0 bridgehead atoms. The van der Waals surface area contributed by atoms with Crippen LogP contribution >= 0.6 is 0 Å². The maximum absolute atomic E-state index is 10.9. The van der Waals surface area contributed by atoms with Gasteiger partial charge in [-0.05, 0) is 4.92 Å². The van der Waals surface area contributed by atoms with Crippen LogP contribution in [-0.4, -0.2) is 24.6 Å². The molecular formula is C8H5N5O6. The lowest BCUT2D eigenvalue weighted by atomic mass is 10.2. The number of aromatic nitrogens is 2. The predicted molar refractivity (Wildman–Crippen MR) is 60.7 cm³/mol. The molecule has 19 heavy (non-hydrogen) atoms. The predicted octanol–water partition coefficient (Wildman–Crippen LogP) is 1.30. The van der Waals surface area contributed by atoms with E-state index in [0.29, 0.717) is 6.07 Å². The summed E-state index contributed by atoms with van der Waals surface area (Å²) in [6, 6.07) is 1.68. The molecule has 0 aliphatic carbocycles. The van der Waals surface area contributed by atoms with Gasteiger partial charge in [0, 0.05) is 6.07 Å². The van der Waals surface area contributed by atoms with Gasteiger partial charge in [0.15, 0.2) is 5.39 Å². The van der Waals surface area contributed by atoms with Gasteiger partial charge in [-0.25, -0.2) is 0 Å². The molecule has 1 aromatic heterocycles. The van der Waals surface area contributed by atoms with Crippen molar-refractivity contribution in [2.75, 3.05) is 0 Å². The van der Waals surface area contributed by atoms with E-state index in [2.05, 4.69) is 5.10 Å². The van der Waals surface area contributed by atoms with Crippen molar-refractivity contribution < 1.29 is 14.8 Å². The number of benzene rings is 1. The normalized spacial score (nSPS) is 10.6. The zero-order valence-electron chi connectivity index (χ0n) is 9.34. The van der Waals surface area contributed by atoms with Crippen molar-refractivity contribution in [3.8, 4) is 0 Å². The van der Waals surface area contributed by atoms with E-state index >= 15 is 0 Å². The first kappa shape index (κ1) is 12.3. The van der Waals surface area contributed by atoms with Gasteiger partial charge < -0.3 is 10.1 Å². The molecule has 2 aromatic rings. The highest BCUT2D eigenvalue weighted by molar-refractivity contribution is 5.97. The number of nitro benzene ring substituents is 2. The molecule has 0 fully saturated rings. The van der Waals surface area contributed by atoms with Crippen molar-refractivity contribution >= 4 is 28.1 Å². The molecule has 1 aromatic carbocycles. The minimum atomic E-state index is -0.913. The van der Waals surface area contributed by atoms with Crippen molar-refractivity contribution in [3.05, 3.63) is 42.5 Å². The van der Waals surface area contributed by atoms with Gasteiger partial charge in [-0.15, -0.1) is 0 Å². The number of hydrogen-bond donors (Lipinski definition) is 0. The third-order valence-electron chi connectivity index (χ3n) is 2.48. The number of aryl methyl sites for hydroxylation is 1. The van der Waals surface area contributed by atoms with Gasteiger partial charge in [-0.3, -0.25) is 20.2 Å². The molecule has 0 spiro atoms. The molecule has 0 unspecified atom stereocenters. The Morgan fingerprint density at radius 1 is 1.05 bits per heavy atom. The fourth-order valence-corrected chi connectivity index (χ4v) is 1.70. The van der Waals surface area contributed by atoms with Gasteiger partial charge in [0.05, 0.1) is 28.1 Å². The number of rotatable bonds is 3. The second-order valence-electron chi connectivity index (χ2n) is 3.58. The molecule has 0 N–H and O–H groups in total. The molecule has 0 radical (unpaired) electrons. The average molecular weight is 267 g/mol. The monoisotopic (exact) mass is 267 g/mol. The molecule has 11 heteroatoms. The Labute approximate surface area is 103 Å². The Bertz CT molecular complexity index is 735. The van der Waals surface area contributed by atoms with Crippen LogP contribution in [-0.2, 0) is 7.05 Å². The quantitative estimate of drug-likeness (QED) is 0.600. The fraction of sp³-hybridized carbons (Fsp3) is 0.125. The van der Waals surface area contributed by atoms with Crippen LogP contribution in [0.25, 0.3) is 10.9 Å². The molecule has 0 amide bonds. The second-order valence-corrected chi connectivity index (χ2v) is 3.58. The van der Waals surface area contributed by atoms with Crippen LogP contribution in [0.3, 0.4) is 0 Å². The Morgan fingerprint density at radius 3 is 2.16 bits per heavy atom. The van der Waals surface area contributed by atoms with Crippen LogP contribution in [0, 0.1) is 30.3 Å². The largest absolute Gasteiger partial charge is 0.404 e. The third-order valence-corrected chi connectivity index (χ3v) is 2.48. The highest BCUT2D eigenvalue weighted by Crippen LogP contribution is 2.36. The topological polar surface area (TPSA) is 147 Å². The second kappa shape index (κ2) is 3.97. The van der Waals surface area contributed by atoms with Crippen molar-refractivity contribution in [1.29, 1.82) is 0 Å². The smallest absolute Gasteiger partial charge is 0.358 e. The van der Waals surface area contributed by atoms with Crippen LogP contribution in [0.5, 0.6) is 0 Å². The Hall–Kier alpha value is -3.11. The summed E-state index contributed by atoms with van der Waals surface area (Å²) < 4.78 is 0.994. The van der Waals surface area contributed by atoms with Crippen molar-refractivity contribution in [1.82, 2.24) is 9.78 Å². The van der Waals surface area contributed by atoms with E-state index in [0.717, 1.165) is 10.7 Å². The SMILES string of the molecule is Cn1nc([N+](=O)[O-])c2c([N+](=O)[O-])cc([N+](=O)[O-])cc21. The molecule has 11 nitrogen and oxygen atoms in total. The Morgan fingerprint density at radius 2 is 1.68 bits per heavy atom. The molecule has 2 rings (SSSR count). The molecule has 98 valence electrons. The zero-order valence-corrected chi connectivity index (χ0v) is 9.34. The average Bonchev–Trinajstić information content (AvgIpc) is 2.66. The van der Waals surface area contributed by atoms with Gasteiger partial charge in [-0.1, -0.05) is 0 Å². The summed E-state index contributed by atoms with van der Waals surface area (Å²) >= 11 is 0. The van der Waals surface area contributed by atoms with Crippen molar-refractivity contribution in [3.63, 3.8) is 0 Å². The van der Waals surface area contributed by atoms with E-state index < -0.39 is 32.0 Å². The molecular weight excluding hydrogens is 262 g/mol. The van der Waals surface area contributed by atoms with Gasteiger partial charge >= 0.3 is 5.82 Å². The zero-order chi connectivity index (χ0) is 14.3. The van der Waals surface area contributed by atoms with E-state index in [1.807, 2.05) is 0 Å². The number of nitro groups is 3. The van der Waals surface area contributed by atoms with Gasteiger partial charge in [0.25, 0.3) is 11.4 Å². The first-order valence-electron chi connectivity index (χ1n) is 4.77. The maximum Gasteiger partial charge on any atom is 0.404 e. The summed E-state index contributed by atoms with van der Waals surface area (Å²) in [5, 5.41) is 35.6. The van der Waals surface area contributed by atoms with Crippen LogP contribution in [0.15, 0.2) is 12.1 Å². The lowest BCUT2D eigenvalue weighted by molar-refractivity contribution is -0.396. The lowest BCUT2D eigenvalue weighted by Gasteiger charge is -1.95. The van der Waals surface area contributed by atoms with E-state index in [1.54, 1.807) is 0 Å². The molecule has 0 atom stereocenters. The molecule has 0 saturated carbocycles. The van der Waals surface area contributed by atoms with Gasteiger partial charge in [-0.2, -0.15) is 4.68 Å².